The van der Waals surface area contributed by atoms with E-state index in [1.807, 2.05) is 6.92 Å². The first kappa shape index (κ1) is 15.9. The number of aryl methyl sites for hydroxylation is 1. The SMILES string of the molecule is CCn1nnnc1CC(NC(=O)OC(C)(C)C)C(=O)O. The summed E-state index contributed by atoms with van der Waals surface area (Å²) in [4.78, 5) is 22.8. The molecule has 0 aliphatic carbocycles. The highest BCUT2D eigenvalue weighted by Gasteiger charge is 2.26. The Kier molecular flexibility index (Phi) is 5.00. The molecule has 0 radical (unpaired) electrons. The molecule has 112 valence electrons. The van der Waals surface area contributed by atoms with Crippen molar-refractivity contribution < 1.29 is 19.4 Å². The molecule has 0 saturated carbocycles. The number of nitrogens with one attached hydrogen (secondary N) is 1. The first-order chi connectivity index (χ1) is 9.23. The topological polar surface area (TPSA) is 119 Å². The summed E-state index contributed by atoms with van der Waals surface area (Å²) in [6.07, 6.45) is -0.810. The Hall–Kier alpha value is -2.19. The number of tetrazole rings is 1. The Morgan fingerprint density at radius 3 is 2.60 bits per heavy atom. The summed E-state index contributed by atoms with van der Waals surface area (Å²) >= 11 is 0. The minimum Gasteiger partial charge on any atom is -0.480 e. The van der Waals surface area contributed by atoms with E-state index in [9.17, 15) is 9.59 Å². The maximum absolute atomic E-state index is 11.6. The zero-order valence-corrected chi connectivity index (χ0v) is 12.0. The van der Waals surface area contributed by atoms with Gasteiger partial charge >= 0.3 is 12.1 Å². The zero-order chi connectivity index (χ0) is 15.3. The molecule has 1 unspecified atom stereocenters. The number of hydrogen-bond donors (Lipinski definition) is 2. The molecular formula is C11H19N5O4. The normalized spacial score (nSPS) is 12.8. The van der Waals surface area contributed by atoms with Gasteiger partial charge in [-0.3, -0.25) is 0 Å². The number of carbonyl (C=O) groups excluding carboxylic acids is 1. The third kappa shape index (κ3) is 4.82. The lowest BCUT2D eigenvalue weighted by atomic mass is 10.2. The van der Waals surface area contributed by atoms with Gasteiger partial charge < -0.3 is 15.2 Å². The Morgan fingerprint density at radius 2 is 2.10 bits per heavy atom. The number of hydrogen-bond acceptors (Lipinski definition) is 6. The van der Waals surface area contributed by atoms with Crippen molar-refractivity contribution in [2.45, 2.75) is 52.3 Å². The van der Waals surface area contributed by atoms with Gasteiger partial charge in [0.1, 0.15) is 11.6 Å². The summed E-state index contributed by atoms with van der Waals surface area (Å²) in [7, 11) is 0. The van der Waals surface area contributed by atoms with Gasteiger partial charge in [0.05, 0.1) is 0 Å². The number of carboxylic acid groups (broad SMARTS) is 1. The van der Waals surface area contributed by atoms with Crippen molar-refractivity contribution in [1.82, 2.24) is 25.5 Å². The van der Waals surface area contributed by atoms with Gasteiger partial charge in [-0.2, -0.15) is 0 Å². The average molecular weight is 285 g/mol. The number of amides is 1. The predicted octanol–water partition coefficient (Wildman–Crippen LogP) is 0.213. The lowest BCUT2D eigenvalue weighted by molar-refractivity contribution is -0.139. The van der Waals surface area contributed by atoms with Crippen molar-refractivity contribution in [3.63, 3.8) is 0 Å². The Bertz CT molecular complexity index is 479. The lowest BCUT2D eigenvalue weighted by Gasteiger charge is -2.21. The van der Waals surface area contributed by atoms with Crippen LogP contribution in [0.1, 0.15) is 33.5 Å². The molecule has 0 aliphatic heterocycles. The fourth-order valence-electron chi connectivity index (χ4n) is 1.45. The van der Waals surface area contributed by atoms with Gasteiger partial charge in [0.2, 0.25) is 0 Å². The third-order valence-electron chi connectivity index (χ3n) is 2.28. The van der Waals surface area contributed by atoms with Crippen LogP contribution in [-0.2, 0) is 22.5 Å². The number of aliphatic carboxylic acids is 1. The van der Waals surface area contributed by atoms with Gasteiger partial charge in [0, 0.05) is 13.0 Å². The largest absolute Gasteiger partial charge is 0.480 e. The van der Waals surface area contributed by atoms with E-state index in [2.05, 4.69) is 20.8 Å². The highest BCUT2D eigenvalue weighted by molar-refractivity contribution is 5.80. The number of carboxylic acids is 1. The summed E-state index contributed by atoms with van der Waals surface area (Å²) in [5, 5.41) is 22.3. The quantitative estimate of drug-likeness (QED) is 0.793. The molecule has 1 aromatic rings. The average Bonchev–Trinajstić information content (AvgIpc) is 2.72. The number of alkyl carbamates (subject to hydrolysis) is 1. The number of aromatic nitrogens is 4. The van der Waals surface area contributed by atoms with Crippen LogP contribution < -0.4 is 5.32 Å². The van der Waals surface area contributed by atoms with E-state index in [4.69, 9.17) is 9.84 Å². The summed E-state index contributed by atoms with van der Waals surface area (Å²) < 4.78 is 6.49. The van der Waals surface area contributed by atoms with Crippen molar-refractivity contribution in [3.8, 4) is 0 Å². The molecule has 0 bridgehead atoms. The van der Waals surface area contributed by atoms with Crippen LogP contribution in [0.2, 0.25) is 0 Å². The van der Waals surface area contributed by atoms with Crippen LogP contribution in [0.15, 0.2) is 0 Å². The van der Waals surface area contributed by atoms with Crippen LogP contribution in [0.3, 0.4) is 0 Å². The van der Waals surface area contributed by atoms with Gasteiger partial charge in [-0.15, -0.1) is 5.10 Å². The van der Waals surface area contributed by atoms with E-state index in [0.717, 1.165) is 0 Å². The van der Waals surface area contributed by atoms with Crippen LogP contribution in [0.5, 0.6) is 0 Å². The van der Waals surface area contributed by atoms with Crippen LogP contribution in [0, 0.1) is 0 Å². The molecule has 20 heavy (non-hydrogen) atoms. The monoisotopic (exact) mass is 285 g/mol. The number of carbonyl (C=O) groups is 2. The minimum atomic E-state index is -1.18. The fraction of sp³-hybridized carbons (Fsp3) is 0.727. The molecule has 1 atom stereocenters. The molecule has 0 spiro atoms. The zero-order valence-electron chi connectivity index (χ0n) is 12.0. The molecule has 0 aromatic carbocycles. The molecule has 1 aromatic heterocycles. The molecule has 1 amide bonds. The molecule has 0 saturated heterocycles. The first-order valence-corrected chi connectivity index (χ1v) is 6.20. The summed E-state index contributed by atoms with van der Waals surface area (Å²) in [5.41, 5.74) is -0.696. The predicted molar refractivity (Wildman–Crippen MR) is 68.0 cm³/mol. The van der Waals surface area contributed by atoms with Gasteiger partial charge in [0.15, 0.2) is 5.82 Å². The molecule has 0 aliphatic rings. The highest BCUT2D eigenvalue weighted by Crippen LogP contribution is 2.07. The first-order valence-electron chi connectivity index (χ1n) is 6.20. The summed E-state index contributed by atoms with van der Waals surface area (Å²) in [5.74, 6) is -0.794. The van der Waals surface area contributed by atoms with E-state index in [-0.39, 0.29) is 6.42 Å². The number of rotatable bonds is 5. The van der Waals surface area contributed by atoms with E-state index in [0.29, 0.717) is 12.4 Å². The number of ether oxygens (including phenoxy) is 1. The lowest BCUT2D eigenvalue weighted by Crippen LogP contribution is -2.45. The Labute approximate surface area is 116 Å². The fourth-order valence-corrected chi connectivity index (χ4v) is 1.45. The summed E-state index contributed by atoms with van der Waals surface area (Å²) in [6, 6.07) is -1.15. The van der Waals surface area contributed by atoms with Crippen LogP contribution in [-0.4, -0.2) is 49.0 Å². The smallest absolute Gasteiger partial charge is 0.408 e. The Morgan fingerprint density at radius 1 is 1.45 bits per heavy atom. The van der Waals surface area contributed by atoms with Crippen molar-refractivity contribution >= 4 is 12.1 Å². The van der Waals surface area contributed by atoms with Crippen LogP contribution in [0.4, 0.5) is 4.79 Å². The standard InChI is InChI=1S/C11H19N5O4/c1-5-16-8(13-14-15-16)6-7(9(17)18)12-10(19)20-11(2,3)4/h7H,5-6H2,1-4H3,(H,12,19)(H,17,18). The van der Waals surface area contributed by atoms with Crippen molar-refractivity contribution in [2.75, 3.05) is 0 Å². The van der Waals surface area contributed by atoms with Crippen LogP contribution in [0.25, 0.3) is 0 Å². The molecule has 1 rings (SSSR count). The maximum atomic E-state index is 11.6. The molecule has 1 heterocycles. The highest BCUT2D eigenvalue weighted by atomic mass is 16.6. The second-order valence-corrected chi connectivity index (χ2v) is 5.15. The van der Waals surface area contributed by atoms with Crippen molar-refractivity contribution in [3.05, 3.63) is 5.82 Å². The molecule has 0 fully saturated rings. The van der Waals surface area contributed by atoms with Gasteiger partial charge in [-0.05, 0) is 38.1 Å². The van der Waals surface area contributed by atoms with E-state index in [1.165, 1.54) is 4.68 Å². The molecule has 9 nitrogen and oxygen atoms in total. The molecule has 2 N–H and O–H groups in total. The molecular weight excluding hydrogens is 266 g/mol. The summed E-state index contributed by atoms with van der Waals surface area (Å²) in [6.45, 7) is 7.43. The second-order valence-electron chi connectivity index (χ2n) is 5.15. The number of nitrogens with zero attached hydrogens (tertiary/aromatic N) is 4. The van der Waals surface area contributed by atoms with Gasteiger partial charge in [-0.1, -0.05) is 0 Å². The van der Waals surface area contributed by atoms with E-state index < -0.39 is 23.7 Å². The third-order valence-corrected chi connectivity index (χ3v) is 2.28. The van der Waals surface area contributed by atoms with Crippen molar-refractivity contribution in [1.29, 1.82) is 0 Å². The van der Waals surface area contributed by atoms with Crippen molar-refractivity contribution in [2.24, 2.45) is 0 Å². The van der Waals surface area contributed by atoms with Crippen LogP contribution >= 0.6 is 0 Å². The van der Waals surface area contributed by atoms with E-state index >= 15 is 0 Å². The van der Waals surface area contributed by atoms with Gasteiger partial charge in [0.25, 0.3) is 0 Å². The maximum Gasteiger partial charge on any atom is 0.408 e. The molecule has 9 heteroatoms. The second kappa shape index (κ2) is 6.31. The Balaban J connectivity index is 2.71. The van der Waals surface area contributed by atoms with E-state index in [1.54, 1.807) is 20.8 Å². The van der Waals surface area contributed by atoms with Gasteiger partial charge in [-0.25, -0.2) is 14.3 Å². The minimum absolute atomic E-state index is 0.0184.